The minimum atomic E-state index is 0. The normalized spacial score (nSPS) is 15.5. The van der Waals surface area contributed by atoms with Crippen molar-refractivity contribution >= 4 is 43.9 Å². The summed E-state index contributed by atoms with van der Waals surface area (Å²) < 4.78 is 0. The van der Waals surface area contributed by atoms with E-state index in [9.17, 15) is 0 Å². The van der Waals surface area contributed by atoms with Crippen molar-refractivity contribution in [2.45, 2.75) is 74.2 Å². The molecule has 0 radical (unpaired) electrons. The molecular weight excluding hydrogens is 495 g/mol. The van der Waals surface area contributed by atoms with E-state index >= 15 is 0 Å². The predicted molar refractivity (Wildman–Crippen MR) is 139 cm³/mol. The van der Waals surface area contributed by atoms with Crippen molar-refractivity contribution in [2.75, 3.05) is 0 Å². The molecule has 5 heteroatoms. The van der Waals surface area contributed by atoms with Gasteiger partial charge in [-0.2, -0.15) is 17.2 Å². The fourth-order valence-corrected chi connectivity index (χ4v) is 2.04. The average molecular weight is 541 g/mol. The molecule has 0 bridgehead atoms. The molecule has 0 aliphatic heterocycles. The minimum absolute atomic E-state index is 0. The summed E-state index contributed by atoms with van der Waals surface area (Å²) in [5.74, 6) is 2.63. The van der Waals surface area contributed by atoms with Gasteiger partial charge >= 0.3 is 26.2 Å². The maximum Gasteiger partial charge on any atom is 2.00 e. The first-order valence-electron chi connectivity index (χ1n) is 10.3. The molecule has 0 heterocycles. The van der Waals surface area contributed by atoms with Crippen molar-refractivity contribution < 1.29 is 26.2 Å². The standard InChI is InChI=1S/C11H17.C8H11.2C2H8Si.2ClH.Zr/c1-8(2)10-5-6-11(7-10)9(3)4;1-7(2)8-5-3-4-6-8;2*1-3-2;;;/h5,7-9,11H,1-4H3;3,5,7H,6H2,1-2H3;2*3H2,1-2H3;2*1H;/q2*-1;;;;;+2. The number of rotatable bonds is 3. The third-order valence-electron chi connectivity index (χ3n) is 3.66. The third-order valence-corrected chi connectivity index (χ3v) is 3.66. The zero-order chi connectivity index (χ0) is 19.8. The maximum atomic E-state index is 3.37. The zero-order valence-corrected chi connectivity index (χ0v) is 27.0. The summed E-state index contributed by atoms with van der Waals surface area (Å²) in [7, 11) is 0.833. The van der Waals surface area contributed by atoms with E-state index in [1.807, 2.05) is 6.08 Å². The largest absolute Gasteiger partial charge is 2.00 e. The maximum absolute atomic E-state index is 3.37. The van der Waals surface area contributed by atoms with Crippen molar-refractivity contribution in [1.29, 1.82) is 0 Å². The monoisotopic (exact) mass is 538 g/mol. The van der Waals surface area contributed by atoms with Gasteiger partial charge in [0, 0.05) is 19.0 Å². The molecule has 164 valence electrons. The van der Waals surface area contributed by atoms with Gasteiger partial charge in [-0.25, -0.2) is 18.2 Å². The molecule has 0 nitrogen and oxygen atoms in total. The summed E-state index contributed by atoms with van der Waals surface area (Å²) in [4.78, 5) is 0. The Bertz CT molecular complexity index is 438. The number of halogens is 2. The van der Waals surface area contributed by atoms with Gasteiger partial charge in [0.2, 0.25) is 0 Å². The van der Waals surface area contributed by atoms with Gasteiger partial charge in [0.25, 0.3) is 0 Å². The van der Waals surface area contributed by atoms with Gasteiger partial charge in [-0.1, -0.05) is 85.5 Å². The molecule has 0 saturated heterocycles. The van der Waals surface area contributed by atoms with Crippen LogP contribution in [0.25, 0.3) is 0 Å². The summed E-state index contributed by atoms with van der Waals surface area (Å²) in [5.41, 5.74) is 2.95. The van der Waals surface area contributed by atoms with E-state index in [0.29, 0.717) is 42.7 Å². The Kier molecular flexibility index (Phi) is 36.4. The predicted octanol–water partition coefficient (Wildman–Crippen LogP) is 6.89. The third kappa shape index (κ3) is 21.6. The second kappa shape index (κ2) is 25.9. The van der Waals surface area contributed by atoms with Gasteiger partial charge in [-0.15, -0.1) is 31.2 Å². The van der Waals surface area contributed by atoms with Crippen LogP contribution in [-0.4, -0.2) is 19.0 Å². The molecule has 0 fully saturated rings. The average Bonchev–Trinajstić information content (AvgIpc) is 3.22. The first-order chi connectivity index (χ1) is 11.7. The Hall–Kier alpha value is 0.857. The molecule has 0 aromatic rings. The summed E-state index contributed by atoms with van der Waals surface area (Å²) in [6, 6.07) is 0. The van der Waals surface area contributed by atoms with Crippen LogP contribution in [0.15, 0.2) is 35.5 Å². The van der Waals surface area contributed by atoms with E-state index in [-0.39, 0.29) is 51.0 Å². The van der Waals surface area contributed by atoms with Crippen molar-refractivity contribution in [3.63, 3.8) is 0 Å². The van der Waals surface area contributed by atoms with E-state index in [2.05, 4.69) is 98.1 Å². The van der Waals surface area contributed by atoms with Gasteiger partial charge in [0.05, 0.1) is 0 Å². The van der Waals surface area contributed by atoms with Crippen LogP contribution in [0.4, 0.5) is 0 Å². The Morgan fingerprint density at radius 1 is 0.893 bits per heavy atom. The van der Waals surface area contributed by atoms with Crippen LogP contribution in [0, 0.1) is 35.8 Å². The Balaban J connectivity index is -0.0000000925. The topological polar surface area (TPSA) is 0 Å². The summed E-state index contributed by atoms with van der Waals surface area (Å²) in [6.45, 7) is 22.4. The fourth-order valence-electron chi connectivity index (χ4n) is 2.04. The van der Waals surface area contributed by atoms with Gasteiger partial charge in [0.15, 0.2) is 0 Å². The van der Waals surface area contributed by atoms with Gasteiger partial charge in [0.1, 0.15) is 0 Å². The molecule has 2 aliphatic rings. The van der Waals surface area contributed by atoms with Gasteiger partial charge in [-0.3, -0.25) is 12.2 Å². The first-order valence-corrected chi connectivity index (χ1v) is 16.0. The molecule has 0 aromatic heterocycles. The van der Waals surface area contributed by atoms with Gasteiger partial charge < -0.3 is 0 Å². The Labute approximate surface area is 214 Å². The fraction of sp³-hybridized carbons (Fsp3) is 0.652. The van der Waals surface area contributed by atoms with E-state index in [1.54, 1.807) is 0 Å². The van der Waals surface area contributed by atoms with Crippen LogP contribution < -0.4 is 0 Å². The molecule has 28 heavy (non-hydrogen) atoms. The molecule has 0 aromatic carbocycles. The minimum Gasteiger partial charge on any atom is -0.273 e. The van der Waals surface area contributed by atoms with Crippen molar-refractivity contribution in [2.24, 2.45) is 23.7 Å². The van der Waals surface area contributed by atoms with E-state index < -0.39 is 0 Å². The molecule has 0 amide bonds. The first kappa shape index (κ1) is 39.3. The molecule has 0 N–H and O–H groups in total. The molecule has 2 rings (SSSR count). The molecule has 1 unspecified atom stereocenters. The van der Waals surface area contributed by atoms with Crippen LogP contribution in [-0.2, 0) is 26.2 Å². The quantitative estimate of drug-likeness (QED) is 0.270. The van der Waals surface area contributed by atoms with Crippen LogP contribution >= 0.6 is 24.8 Å². The van der Waals surface area contributed by atoms with E-state index in [0.717, 1.165) is 6.42 Å². The molecule has 0 saturated carbocycles. The second-order valence-electron chi connectivity index (χ2n) is 7.76. The molecule has 1 atom stereocenters. The van der Waals surface area contributed by atoms with Crippen LogP contribution in [0.2, 0.25) is 26.2 Å². The summed E-state index contributed by atoms with van der Waals surface area (Å²) >= 11 is 0. The molecular formula is C23H46Cl2Si2Zr. The molecule has 0 spiro atoms. The Morgan fingerprint density at radius 3 is 1.54 bits per heavy atom. The summed E-state index contributed by atoms with van der Waals surface area (Å²) in [5, 5.41) is 0. The van der Waals surface area contributed by atoms with Crippen molar-refractivity contribution in [1.82, 2.24) is 0 Å². The van der Waals surface area contributed by atoms with E-state index in [4.69, 9.17) is 0 Å². The number of allylic oxidation sites excluding steroid dienone is 8. The van der Waals surface area contributed by atoms with E-state index in [1.165, 1.54) is 11.1 Å². The van der Waals surface area contributed by atoms with Gasteiger partial charge in [-0.05, 0) is 5.92 Å². The van der Waals surface area contributed by atoms with Crippen molar-refractivity contribution in [3.8, 4) is 0 Å². The van der Waals surface area contributed by atoms with Crippen LogP contribution in [0.1, 0.15) is 48.0 Å². The van der Waals surface area contributed by atoms with Crippen molar-refractivity contribution in [3.05, 3.63) is 47.6 Å². The van der Waals surface area contributed by atoms with Crippen LogP contribution in [0.5, 0.6) is 0 Å². The zero-order valence-electron chi connectivity index (χ0n) is 20.1. The molecule has 2 aliphatic carbocycles. The number of hydrogen-bond donors (Lipinski definition) is 0. The second-order valence-corrected chi connectivity index (χ2v) is 10.6. The smallest absolute Gasteiger partial charge is 0.273 e. The SMILES string of the molecule is CC(C)C1=CC(C(C)C)[C-]=C1.CC(C)C1=CC=[C-]C1.C[SiH2]C.C[SiH2]C.Cl.Cl.[Zr+2]. The number of hydrogen-bond acceptors (Lipinski definition) is 0. The van der Waals surface area contributed by atoms with Crippen LogP contribution in [0.3, 0.4) is 0 Å². The Morgan fingerprint density at radius 2 is 1.36 bits per heavy atom. The summed E-state index contributed by atoms with van der Waals surface area (Å²) in [6.07, 6.45) is 16.2.